The van der Waals surface area contributed by atoms with Crippen LogP contribution < -0.4 is 0 Å². The summed E-state index contributed by atoms with van der Waals surface area (Å²) in [5.74, 6) is 0.0527. The molecule has 3 nitrogen and oxygen atoms in total. The largest absolute Gasteiger partial charge is 0.387 e. The molecule has 1 N–H and O–H groups in total. The Morgan fingerprint density at radius 3 is 2.38 bits per heavy atom. The number of benzene rings is 1. The van der Waals surface area contributed by atoms with Gasteiger partial charge in [0, 0.05) is 5.75 Å². The summed E-state index contributed by atoms with van der Waals surface area (Å²) in [6.07, 6.45) is -0.953. The van der Waals surface area contributed by atoms with Crippen LogP contribution in [0.4, 0.5) is 0 Å². The highest BCUT2D eigenvalue weighted by Crippen LogP contribution is 2.24. The maximum atomic E-state index is 11.7. The first-order valence-corrected chi connectivity index (χ1v) is 7.07. The SMILES string of the molecule is CCS(=O)(=O)[C@@H](C)[C@H](O)c1ccccc1C. The number of hydrogen-bond donors (Lipinski definition) is 1. The van der Waals surface area contributed by atoms with Gasteiger partial charge in [0.15, 0.2) is 9.84 Å². The summed E-state index contributed by atoms with van der Waals surface area (Å²) >= 11 is 0. The van der Waals surface area contributed by atoms with E-state index >= 15 is 0 Å². The lowest BCUT2D eigenvalue weighted by Crippen LogP contribution is -2.27. The Morgan fingerprint density at radius 2 is 1.88 bits per heavy atom. The van der Waals surface area contributed by atoms with Gasteiger partial charge in [-0.2, -0.15) is 0 Å². The van der Waals surface area contributed by atoms with Gasteiger partial charge in [0.25, 0.3) is 0 Å². The van der Waals surface area contributed by atoms with Crippen molar-refractivity contribution >= 4 is 9.84 Å². The van der Waals surface area contributed by atoms with Gasteiger partial charge < -0.3 is 5.11 Å². The molecule has 0 aliphatic heterocycles. The van der Waals surface area contributed by atoms with E-state index in [1.54, 1.807) is 26.0 Å². The topological polar surface area (TPSA) is 54.4 Å². The Kier molecular flexibility index (Phi) is 4.10. The summed E-state index contributed by atoms with van der Waals surface area (Å²) in [4.78, 5) is 0. The molecule has 1 aromatic rings. The molecule has 0 aliphatic rings. The molecule has 2 atom stereocenters. The fraction of sp³-hybridized carbons (Fsp3) is 0.500. The van der Waals surface area contributed by atoms with Crippen LogP contribution in [0.1, 0.15) is 31.1 Å². The van der Waals surface area contributed by atoms with Crippen LogP contribution in [0.25, 0.3) is 0 Å². The summed E-state index contributed by atoms with van der Waals surface area (Å²) in [6.45, 7) is 5.01. The van der Waals surface area contributed by atoms with Crippen molar-refractivity contribution in [1.82, 2.24) is 0 Å². The first-order chi connectivity index (χ1) is 7.40. The highest BCUT2D eigenvalue weighted by Gasteiger charge is 2.28. The summed E-state index contributed by atoms with van der Waals surface area (Å²) in [6, 6.07) is 7.30. The molecule has 16 heavy (non-hydrogen) atoms. The van der Waals surface area contributed by atoms with E-state index in [4.69, 9.17) is 0 Å². The van der Waals surface area contributed by atoms with Crippen molar-refractivity contribution in [3.63, 3.8) is 0 Å². The number of sulfone groups is 1. The first kappa shape index (κ1) is 13.2. The summed E-state index contributed by atoms with van der Waals surface area (Å²) < 4.78 is 23.3. The van der Waals surface area contributed by atoms with Crippen molar-refractivity contribution in [3.8, 4) is 0 Å². The normalized spacial score (nSPS) is 15.8. The van der Waals surface area contributed by atoms with Crippen LogP contribution in [0.3, 0.4) is 0 Å². The average Bonchev–Trinajstić information content (AvgIpc) is 2.27. The van der Waals surface area contributed by atoms with Crippen LogP contribution >= 0.6 is 0 Å². The van der Waals surface area contributed by atoms with Crippen LogP contribution in [0.5, 0.6) is 0 Å². The van der Waals surface area contributed by atoms with Crippen LogP contribution in [-0.2, 0) is 9.84 Å². The molecule has 0 aliphatic carbocycles. The minimum atomic E-state index is -3.21. The zero-order chi connectivity index (χ0) is 12.3. The Bertz CT molecular complexity index is 451. The van der Waals surface area contributed by atoms with Crippen molar-refractivity contribution < 1.29 is 13.5 Å². The quantitative estimate of drug-likeness (QED) is 0.876. The molecule has 0 saturated carbocycles. The molecule has 0 spiro atoms. The van der Waals surface area contributed by atoms with E-state index in [9.17, 15) is 13.5 Å². The minimum Gasteiger partial charge on any atom is -0.387 e. The average molecular weight is 242 g/mol. The van der Waals surface area contributed by atoms with Crippen LogP contribution in [-0.4, -0.2) is 24.5 Å². The number of hydrogen-bond acceptors (Lipinski definition) is 3. The third kappa shape index (κ3) is 2.62. The molecule has 90 valence electrons. The minimum absolute atomic E-state index is 0.0527. The van der Waals surface area contributed by atoms with Gasteiger partial charge in [-0.05, 0) is 25.0 Å². The molecular formula is C12H18O3S. The first-order valence-electron chi connectivity index (χ1n) is 5.35. The number of aliphatic hydroxyl groups is 1. The predicted molar refractivity (Wildman–Crippen MR) is 65.1 cm³/mol. The molecule has 0 bridgehead atoms. The van der Waals surface area contributed by atoms with Gasteiger partial charge >= 0.3 is 0 Å². The van der Waals surface area contributed by atoms with Gasteiger partial charge in [0.05, 0.1) is 11.4 Å². The van der Waals surface area contributed by atoms with Crippen LogP contribution in [0.15, 0.2) is 24.3 Å². The third-order valence-corrected chi connectivity index (χ3v) is 5.12. The highest BCUT2D eigenvalue weighted by molar-refractivity contribution is 7.92. The number of rotatable bonds is 4. The van der Waals surface area contributed by atoms with E-state index in [1.165, 1.54) is 0 Å². The van der Waals surface area contributed by atoms with Crippen molar-refractivity contribution in [2.45, 2.75) is 32.1 Å². The van der Waals surface area contributed by atoms with E-state index in [1.807, 2.05) is 19.1 Å². The Morgan fingerprint density at radius 1 is 1.31 bits per heavy atom. The molecule has 0 radical (unpaired) electrons. The van der Waals surface area contributed by atoms with Gasteiger partial charge in [-0.3, -0.25) is 0 Å². The Labute approximate surface area is 97.0 Å². The van der Waals surface area contributed by atoms with E-state index < -0.39 is 21.2 Å². The van der Waals surface area contributed by atoms with Gasteiger partial charge in [-0.25, -0.2) is 8.42 Å². The lowest BCUT2D eigenvalue weighted by molar-refractivity contribution is 0.175. The van der Waals surface area contributed by atoms with E-state index in [0.717, 1.165) is 5.56 Å². The second kappa shape index (κ2) is 4.97. The molecule has 1 rings (SSSR count). The summed E-state index contributed by atoms with van der Waals surface area (Å²) in [5, 5.41) is 9.29. The Balaban J connectivity index is 3.04. The zero-order valence-electron chi connectivity index (χ0n) is 9.84. The molecular weight excluding hydrogens is 224 g/mol. The standard InChI is InChI=1S/C12H18O3S/c1-4-16(14,15)10(3)12(13)11-8-6-5-7-9(11)2/h5-8,10,12-13H,4H2,1-3H3/t10-,12-/m0/s1. The van der Waals surface area contributed by atoms with Crippen LogP contribution in [0, 0.1) is 6.92 Å². The maximum absolute atomic E-state index is 11.7. The lowest BCUT2D eigenvalue weighted by atomic mass is 10.0. The van der Waals surface area contributed by atoms with Gasteiger partial charge in [-0.1, -0.05) is 31.2 Å². The second-order valence-electron chi connectivity index (χ2n) is 3.96. The fourth-order valence-corrected chi connectivity index (χ4v) is 2.70. The second-order valence-corrected chi connectivity index (χ2v) is 6.60. The lowest BCUT2D eigenvalue weighted by Gasteiger charge is -2.20. The fourth-order valence-electron chi connectivity index (χ4n) is 1.63. The van der Waals surface area contributed by atoms with E-state index in [0.29, 0.717) is 5.56 Å². The van der Waals surface area contributed by atoms with Crippen molar-refractivity contribution in [1.29, 1.82) is 0 Å². The molecule has 0 aromatic heterocycles. The zero-order valence-corrected chi connectivity index (χ0v) is 10.7. The van der Waals surface area contributed by atoms with Crippen LogP contribution in [0.2, 0.25) is 0 Å². The van der Waals surface area contributed by atoms with Gasteiger partial charge in [0.2, 0.25) is 0 Å². The van der Waals surface area contributed by atoms with Crippen molar-refractivity contribution in [3.05, 3.63) is 35.4 Å². The predicted octanol–water partition coefficient (Wildman–Crippen LogP) is 1.85. The van der Waals surface area contributed by atoms with Gasteiger partial charge in [-0.15, -0.1) is 0 Å². The maximum Gasteiger partial charge on any atom is 0.155 e. The summed E-state index contributed by atoms with van der Waals surface area (Å²) in [5.41, 5.74) is 1.60. The van der Waals surface area contributed by atoms with Gasteiger partial charge in [0.1, 0.15) is 0 Å². The number of aliphatic hydroxyl groups excluding tert-OH is 1. The smallest absolute Gasteiger partial charge is 0.155 e. The highest BCUT2D eigenvalue weighted by atomic mass is 32.2. The molecule has 0 fully saturated rings. The molecule has 4 heteroatoms. The van der Waals surface area contributed by atoms with E-state index in [2.05, 4.69) is 0 Å². The van der Waals surface area contributed by atoms with Crippen molar-refractivity contribution in [2.24, 2.45) is 0 Å². The molecule has 0 amide bonds. The third-order valence-electron chi connectivity index (χ3n) is 2.92. The molecule has 0 saturated heterocycles. The van der Waals surface area contributed by atoms with E-state index in [-0.39, 0.29) is 5.75 Å². The Hall–Kier alpha value is -0.870. The molecule has 1 aromatic carbocycles. The number of aryl methyl sites for hydroxylation is 1. The summed E-state index contributed by atoms with van der Waals surface area (Å²) in [7, 11) is -3.21. The monoisotopic (exact) mass is 242 g/mol. The van der Waals surface area contributed by atoms with Crippen molar-refractivity contribution in [2.75, 3.05) is 5.75 Å². The molecule has 0 heterocycles. The molecule has 0 unspecified atom stereocenters.